The number of nitrogens with zero attached hydrogens (tertiary/aromatic N) is 1. The average molecular weight is 312 g/mol. The smallest absolute Gasteiger partial charge is 0.304 e. The van der Waals surface area contributed by atoms with Gasteiger partial charge in [0.05, 0.1) is 16.9 Å². The van der Waals surface area contributed by atoms with Crippen molar-refractivity contribution in [2.24, 2.45) is 5.92 Å². The predicted molar refractivity (Wildman–Crippen MR) is 70.2 cm³/mol. The van der Waals surface area contributed by atoms with Gasteiger partial charge in [0.15, 0.2) is 0 Å². The van der Waals surface area contributed by atoms with Crippen molar-refractivity contribution in [2.45, 2.75) is 30.2 Å². The molecule has 0 aromatic heterocycles. The highest BCUT2D eigenvalue weighted by Gasteiger charge is 2.35. The van der Waals surface area contributed by atoms with E-state index >= 15 is 0 Å². The zero-order valence-corrected chi connectivity index (χ0v) is 11.7. The second kappa shape index (κ2) is 5.79. The summed E-state index contributed by atoms with van der Waals surface area (Å²) < 4.78 is 39.9. The number of nitrogens with one attached hydrogen (secondary N) is 1. The number of nitriles is 1. The standard InChI is InChI=1S/C13H13FN2O4S/c14-11-4-3-10(5-9(11)7-15)21(19,20)16-12(6-13(17)18)8-1-2-8/h3-5,8,12,16H,1-2,6H2,(H,17,18). The Bertz CT molecular complexity index is 707. The lowest BCUT2D eigenvalue weighted by Crippen LogP contribution is -2.38. The van der Waals surface area contributed by atoms with E-state index in [9.17, 15) is 17.6 Å². The van der Waals surface area contributed by atoms with Crippen LogP contribution in [0.5, 0.6) is 0 Å². The van der Waals surface area contributed by atoms with Crippen LogP contribution in [0.25, 0.3) is 0 Å². The van der Waals surface area contributed by atoms with Crippen molar-refractivity contribution in [3.63, 3.8) is 0 Å². The highest BCUT2D eigenvalue weighted by Crippen LogP contribution is 2.34. The van der Waals surface area contributed by atoms with Gasteiger partial charge >= 0.3 is 5.97 Å². The first-order chi connectivity index (χ1) is 9.83. The number of carbonyl (C=O) groups is 1. The molecule has 1 aromatic rings. The summed E-state index contributed by atoms with van der Waals surface area (Å²) in [5.41, 5.74) is -0.376. The minimum Gasteiger partial charge on any atom is -0.481 e. The van der Waals surface area contributed by atoms with E-state index in [1.807, 2.05) is 0 Å². The van der Waals surface area contributed by atoms with E-state index in [4.69, 9.17) is 10.4 Å². The fourth-order valence-corrected chi connectivity index (χ4v) is 3.35. The third kappa shape index (κ3) is 3.77. The maximum atomic E-state index is 13.2. The number of benzene rings is 1. The highest BCUT2D eigenvalue weighted by molar-refractivity contribution is 7.89. The summed E-state index contributed by atoms with van der Waals surface area (Å²) in [5, 5.41) is 17.5. The minimum absolute atomic E-state index is 0.00626. The lowest BCUT2D eigenvalue weighted by molar-refractivity contribution is -0.137. The number of rotatable bonds is 6. The minimum atomic E-state index is -3.99. The molecule has 6 nitrogen and oxygen atoms in total. The summed E-state index contributed by atoms with van der Waals surface area (Å²) in [6.07, 6.45) is 1.23. The van der Waals surface area contributed by atoms with Gasteiger partial charge in [0.2, 0.25) is 10.0 Å². The lowest BCUT2D eigenvalue weighted by atomic mass is 10.1. The van der Waals surface area contributed by atoms with Crippen molar-refractivity contribution in [3.05, 3.63) is 29.6 Å². The Balaban J connectivity index is 2.25. The van der Waals surface area contributed by atoms with Crippen LogP contribution in [0.4, 0.5) is 4.39 Å². The number of halogens is 1. The van der Waals surface area contributed by atoms with E-state index < -0.39 is 27.9 Å². The van der Waals surface area contributed by atoms with Crippen molar-refractivity contribution in [2.75, 3.05) is 0 Å². The van der Waals surface area contributed by atoms with Crippen molar-refractivity contribution in [1.82, 2.24) is 4.72 Å². The topological polar surface area (TPSA) is 107 Å². The number of carboxylic acid groups (broad SMARTS) is 1. The highest BCUT2D eigenvalue weighted by atomic mass is 32.2. The summed E-state index contributed by atoms with van der Waals surface area (Å²) in [5.74, 6) is -1.89. The summed E-state index contributed by atoms with van der Waals surface area (Å²) >= 11 is 0. The van der Waals surface area contributed by atoms with Gasteiger partial charge in [0.25, 0.3) is 0 Å². The van der Waals surface area contributed by atoms with Crippen LogP contribution in [-0.2, 0) is 14.8 Å². The summed E-state index contributed by atoms with van der Waals surface area (Å²) in [6, 6.07) is 3.75. The van der Waals surface area contributed by atoms with E-state index in [0.29, 0.717) is 0 Å². The number of aliphatic carboxylic acids is 1. The normalized spacial score (nSPS) is 16.2. The van der Waals surface area contributed by atoms with Gasteiger partial charge in [-0.05, 0) is 37.0 Å². The van der Waals surface area contributed by atoms with Crippen LogP contribution in [0.2, 0.25) is 0 Å². The molecule has 1 aliphatic carbocycles. The largest absolute Gasteiger partial charge is 0.481 e. The number of sulfonamides is 1. The second-order valence-electron chi connectivity index (χ2n) is 4.92. The van der Waals surface area contributed by atoms with Crippen LogP contribution in [0, 0.1) is 23.1 Å². The molecule has 0 radical (unpaired) electrons. The summed E-state index contributed by atoms with van der Waals surface area (Å²) in [4.78, 5) is 10.5. The average Bonchev–Trinajstić information content (AvgIpc) is 3.21. The fourth-order valence-electron chi connectivity index (χ4n) is 2.02. The van der Waals surface area contributed by atoms with Crippen molar-refractivity contribution in [1.29, 1.82) is 5.26 Å². The monoisotopic (exact) mass is 312 g/mol. The van der Waals surface area contributed by atoms with Crippen LogP contribution >= 0.6 is 0 Å². The molecule has 1 atom stereocenters. The molecule has 0 bridgehead atoms. The Labute approximate surface area is 121 Å². The van der Waals surface area contributed by atoms with E-state index in [2.05, 4.69) is 4.72 Å². The van der Waals surface area contributed by atoms with Gasteiger partial charge in [-0.25, -0.2) is 17.5 Å². The molecule has 21 heavy (non-hydrogen) atoms. The molecule has 2 N–H and O–H groups in total. The molecular weight excluding hydrogens is 299 g/mol. The zero-order chi connectivity index (χ0) is 15.6. The molecule has 1 saturated carbocycles. The van der Waals surface area contributed by atoms with Crippen LogP contribution in [0.1, 0.15) is 24.8 Å². The molecule has 2 rings (SSSR count). The maximum Gasteiger partial charge on any atom is 0.304 e. The molecule has 1 aliphatic rings. The number of hydrogen-bond donors (Lipinski definition) is 2. The molecule has 8 heteroatoms. The lowest BCUT2D eigenvalue weighted by Gasteiger charge is -2.16. The summed E-state index contributed by atoms with van der Waals surface area (Å²) in [6.45, 7) is 0. The first-order valence-electron chi connectivity index (χ1n) is 6.27. The third-order valence-corrected chi connectivity index (χ3v) is 4.75. The van der Waals surface area contributed by atoms with Gasteiger partial charge in [-0.2, -0.15) is 5.26 Å². The Morgan fingerprint density at radius 2 is 2.19 bits per heavy atom. The number of carboxylic acids is 1. The van der Waals surface area contributed by atoms with E-state index in [1.165, 1.54) is 0 Å². The second-order valence-corrected chi connectivity index (χ2v) is 6.63. The first-order valence-corrected chi connectivity index (χ1v) is 7.75. The van der Waals surface area contributed by atoms with Crippen LogP contribution < -0.4 is 4.72 Å². The molecule has 0 aliphatic heterocycles. The Morgan fingerprint density at radius 3 is 2.71 bits per heavy atom. The molecule has 112 valence electrons. The van der Waals surface area contributed by atoms with Crippen LogP contribution in [-0.4, -0.2) is 25.5 Å². The van der Waals surface area contributed by atoms with Gasteiger partial charge < -0.3 is 5.11 Å². The van der Waals surface area contributed by atoms with Gasteiger partial charge in [-0.15, -0.1) is 0 Å². The molecule has 1 aromatic carbocycles. The Kier molecular flexibility index (Phi) is 4.25. The third-order valence-electron chi connectivity index (χ3n) is 3.26. The predicted octanol–water partition coefficient (Wildman–Crippen LogP) is 1.23. The molecule has 0 spiro atoms. The van der Waals surface area contributed by atoms with E-state index in [1.54, 1.807) is 6.07 Å². The molecule has 1 fully saturated rings. The van der Waals surface area contributed by atoms with Gasteiger partial charge in [0, 0.05) is 6.04 Å². The SMILES string of the molecule is N#Cc1cc(S(=O)(=O)NC(CC(=O)O)C2CC2)ccc1F. The van der Waals surface area contributed by atoms with E-state index in [0.717, 1.165) is 31.0 Å². The number of hydrogen-bond acceptors (Lipinski definition) is 4. The van der Waals surface area contributed by atoms with E-state index in [-0.39, 0.29) is 22.8 Å². The zero-order valence-electron chi connectivity index (χ0n) is 10.9. The van der Waals surface area contributed by atoms with Gasteiger partial charge in [-0.3, -0.25) is 4.79 Å². The molecule has 0 heterocycles. The van der Waals surface area contributed by atoms with Gasteiger partial charge in [-0.1, -0.05) is 0 Å². The summed E-state index contributed by atoms with van der Waals surface area (Å²) in [7, 11) is -3.99. The molecular formula is C13H13FN2O4S. The Morgan fingerprint density at radius 1 is 1.52 bits per heavy atom. The quantitative estimate of drug-likeness (QED) is 0.821. The van der Waals surface area contributed by atoms with Crippen molar-refractivity contribution in [3.8, 4) is 6.07 Å². The Hall–Kier alpha value is -1.98. The molecule has 0 saturated heterocycles. The molecule has 0 amide bonds. The van der Waals surface area contributed by atoms with Crippen molar-refractivity contribution < 1.29 is 22.7 Å². The first kappa shape index (κ1) is 15.4. The van der Waals surface area contributed by atoms with Crippen molar-refractivity contribution >= 4 is 16.0 Å². The van der Waals surface area contributed by atoms with Gasteiger partial charge in [0.1, 0.15) is 11.9 Å². The van der Waals surface area contributed by atoms with Crippen LogP contribution in [0.3, 0.4) is 0 Å². The fraction of sp³-hybridized carbons (Fsp3) is 0.385. The van der Waals surface area contributed by atoms with Crippen LogP contribution in [0.15, 0.2) is 23.1 Å². The molecule has 1 unspecified atom stereocenters. The maximum absolute atomic E-state index is 13.2.